The van der Waals surface area contributed by atoms with Crippen LogP contribution in [0, 0.1) is 5.41 Å². The lowest BCUT2D eigenvalue weighted by Gasteiger charge is -2.30. The van der Waals surface area contributed by atoms with Gasteiger partial charge in [-0.25, -0.2) is 28.6 Å². The highest BCUT2D eigenvalue weighted by atomic mass is 32.2. The number of carbonyl (C=O) groups is 5. The largest absolute Gasteiger partial charge is 0.481 e. The lowest BCUT2D eigenvalue weighted by atomic mass is 9.87. The minimum atomic E-state index is -5.56. The van der Waals surface area contributed by atoms with Gasteiger partial charge in [-0.2, -0.15) is 4.31 Å². The molecule has 2 unspecified atom stereocenters. The molecule has 2 amide bonds. The van der Waals surface area contributed by atoms with Crippen molar-refractivity contribution in [2.75, 3.05) is 37.8 Å². The molecule has 0 aromatic carbocycles. The van der Waals surface area contributed by atoms with Crippen molar-refractivity contribution in [3.05, 3.63) is 12.7 Å². The summed E-state index contributed by atoms with van der Waals surface area (Å²) in [5.41, 5.74) is 4.26. The van der Waals surface area contributed by atoms with Crippen LogP contribution in [0.2, 0.25) is 0 Å². The van der Waals surface area contributed by atoms with Crippen molar-refractivity contribution in [3.8, 4) is 0 Å². The number of nitrogens with two attached hydrogens (primary N) is 1. The number of aromatic nitrogens is 4. The number of rotatable bonds is 19. The fraction of sp³-hybridized carbons (Fsp3) is 0.630. The quantitative estimate of drug-likeness (QED) is 0.0458. The van der Waals surface area contributed by atoms with Gasteiger partial charge in [0.05, 0.1) is 19.5 Å². The van der Waals surface area contributed by atoms with E-state index in [1.807, 2.05) is 0 Å². The number of amides is 2. The number of aliphatic hydroxyl groups is 2. The van der Waals surface area contributed by atoms with Crippen molar-refractivity contribution >= 4 is 81.4 Å². The Bertz CT molecular complexity index is 1860. The van der Waals surface area contributed by atoms with E-state index in [4.69, 9.17) is 34.2 Å². The van der Waals surface area contributed by atoms with E-state index in [1.54, 1.807) is 0 Å². The van der Waals surface area contributed by atoms with Gasteiger partial charge < -0.3 is 60.8 Å². The molecule has 0 bridgehead atoms. The number of phosphoric acid groups is 3. The zero-order valence-electron chi connectivity index (χ0n) is 31.4. The number of fused-ring (bicyclic) bond motifs is 1. The van der Waals surface area contributed by atoms with Crippen LogP contribution in [0.1, 0.15) is 47.3 Å². The van der Waals surface area contributed by atoms with Crippen molar-refractivity contribution < 1.29 is 95.2 Å². The van der Waals surface area contributed by atoms with Crippen molar-refractivity contribution in [1.29, 1.82) is 0 Å². The third-order valence-electron chi connectivity index (χ3n) is 6.81. The molecule has 3 rings (SSSR count). The van der Waals surface area contributed by atoms with Crippen LogP contribution in [-0.4, -0.2) is 140 Å². The Hall–Kier alpha value is -3.30. The summed E-state index contributed by atoms with van der Waals surface area (Å²) >= 11 is 1.03. The number of ether oxygens (including phenoxy) is 1. The van der Waals surface area contributed by atoms with E-state index in [-0.39, 0.29) is 41.6 Å². The van der Waals surface area contributed by atoms with Gasteiger partial charge >= 0.3 is 23.5 Å². The van der Waals surface area contributed by atoms with Crippen molar-refractivity contribution in [1.82, 2.24) is 30.2 Å². The summed E-state index contributed by atoms with van der Waals surface area (Å²) in [6.45, 7) is 4.43. The minimum Gasteiger partial charge on any atom is -0.481 e. The summed E-state index contributed by atoms with van der Waals surface area (Å²) < 4.78 is 61.8. The van der Waals surface area contributed by atoms with Crippen LogP contribution < -0.4 is 16.4 Å². The third-order valence-corrected chi connectivity index (χ3v) is 10.7. The monoisotopic (exact) mass is 913 g/mol. The molecule has 1 saturated heterocycles. The molecule has 58 heavy (non-hydrogen) atoms. The van der Waals surface area contributed by atoms with Gasteiger partial charge in [0, 0.05) is 44.5 Å². The summed E-state index contributed by atoms with van der Waals surface area (Å²) in [6.07, 6.45) is -6.13. The molecule has 2 aromatic rings. The van der Waals surface area contributed by atoms with Crippen molar-refractivity contribution in [2.45, 2.75) is 71.7 Å². The van der Waals surface area contributed by atoms with E-state index in [1.165, 1.54) is 27.7 Å². The van der Waals surface area contributed by atoms with Gasteiger partial charge in [-0.3, -0.25) is 37.3 Å². The molecule has 1 aliphatic rings. The number of hydrogen-bond acceptors (Lipinski definition) is 20. The lowest BCUT2D eigenvalue weighted by Crippen LogP contribution is -2.46. The molecule has 0 aliphatic carbocycles. The van der Waals surface area contributed by atoms with E-state index in [2.05, 4.69) is 34.4 Å². The highest BCUT2D eigenvalue weighted by molar-refractivity contribution is 8.13. The van der Waals surface area contributed by atoms with Crippen LogP contribution in [0.5, 0.6) is 0 Å². The maximum absolute atomic E-state index is 12.6. The van der Waals surface area contributed by atoms with Gasteiger partial charge in [0.15, 0.2) is 22.8 Å². The molecule has 3 heterocycles. The number of imidazole rings is 1. The SMILES string of the molecule is CC(=O)O.CC(=O)SCCNC(=O)CCNC(=O)[C@H](O)C(C)(C)COP(=O)(O)OP(=O)(O)OC[C@H]1O[C@@H](n2cnc3c(N)ncnc32)[C@H](O)[C@@H]1OP(=O)(O)O.CC=O. The molecule has 1 fully saturated rings. The number of anilines is 1. The second kappa shape index (κ2) is 23.5. The zero-order chi connectivity index (χ0) is 44.6. The van der Waals surface area contributed by atoms with Gasteiger partial charge in [0.2, 0.25) is 11.8 Å². The minimum absolute atomic E-state index is 0.0310. The average molecular weight is 914 g/mol. The average Bonchev–Trinajstić information content (AvgIpc) is 3.64. The van der Waals surface area contributed by atoms with E-state index in [0.717, 1.165) is 42.2 Å². The molecule has 1 aliphatic heterocycles. The predicted molar refractivity (Wildman–Crippen MR) is 198 cm³/mol. The van der Waals surface area contributed by atoms with Crippen LogP contribution >= 0.6 is 35.2 Å². The first kappa shape index (κ1) is 52.7. The molecule has 330 valence electrons. The number of carboxylic acids is 1. The number of aliphatic carboxylic acids is 1. The highest BCUT2D eigenvalue weighted by Gasteiger charge is 2.50. The topological polar surface area (TPSA) is 418 Å². The number of thioether (sulfide) groups is 1. The van der Waals surface area contributed by atoms with E-state index < -0.39 is 90.5 Å². The van der Waals surface area contributed by atoms with E-state index in [0.29, 0.717) is 5.75 Å². The molecular formula is C27H46N7O20P3S. The Morgan fingerprint density at radius 1 is 1.05 bits per heavy atom. The fourth-order valence-electron chi connectivity index (χ4n) is 4.32. The van der Waals surface area contributed by atoms with Gasteiger partial charge in [-0.1, -0.05) is 25.6 Å². The summed E-state index contributed by atoms with van der Waals surface area (Å²) in [5.74, 6) is -1.92. The normalized spacial score (nSPS) is 20.5. The number of carboxylic acid groups (broad SMARTS) is 1. The highest BCUT2D eigenvalue weighted by Crippen LogP contribution is 2.61. The first-order chi connectivity index (χ1) is 26.7. The second-order valence-corrected chi connectivity index (χ2v) is 17.7. The van der Waals surface area contributed by atoms with Crippen LogP contribution in [0.4, 0.5) is 5.82 Å². The Morgan fingerprint density at radius 3 is 2.21 bits per heavy atom. The molecule has 11 N–H and O–H groups in total. The number of nitrogen functional groups attached to an aromatic ring is 1. The number of nitrogens with zero attached hydrogens (tertiary/aromatic N) is 4. The summed E-state index contributed by atoms with van der Waals surface area (Å²) in [7, 11) is -16.4. The number of hydrogen-bond donors (Lipinski definition) is 10. The van der Waals surface area contributed by atoms with Gasteiger partial charge in [-0.15, -0.1) is 0 Å². The molecule has 2 aromatic heterocycles. The molecule has 7 atom stereocenters. The van der Waals surface area contributed by atoms with Gasteiger partial charge in [0.1, 0.15) is 42.5 Å². The molecule has 0 radical (unpaired) electrons. The van der Waals surface area contributed by atoms with Gasteiger partial charge in [0.25, 0.3) is 5.97 Å². The summed E-state index contributed by atoms with van der Waals surface area (Å²) in [5, 5.41) is 33.5. The maximum Gasteiger partial charge on any atom is 0.481 e. The zero-order valence-corrected chi connectivity index (χ0v) is 34.9. The molecule has 0 spiro atoms. The van der Waals surface area contributed by atoms with Crippen LogP contribution in [0.25, 0.3) is 11.2 Å². The number of aldehydes is 1. The summed E-state index contributed by atoms with van der Waals surface area (Å²) in [4.78, 5) is 104. The fourth-order valence-corrected chi connectivity index (χ4v) is 7.65. The molecule has 27 nitrogen and oxygen atoms in total. The first-order valence-corrected chi connectivity index (χ1v) is 21.8. The van der Waals surface area contributed by atoms with E-state index in [9.17, 15) is 57.9 Å². The molecular weight excluding hydrogens is 867 g/mol. The van der Waals surface area contributed by atoms with E-state index >= 15 is 0 Å². The Labute approximate surface area is 333 Å². The lowest BCUT2D eigenvalue weighted by molar-refractivity contribution is -0.137. The maximum atomic E-state index is 12.6. The summed E-state index contributed by atoms with van der Waals surface area (Å²) in [6, 6.07) is 0. The Balaban J connectivity index is 0.00000222. The van der Waals surface area contributed by atoms with Gasteiger partial charge in [-0.05, 0) is 6.92 Å². The van der Waals surface area contributed by atoms with Crippen molar-refractivity contribution in [2.24, 2.45) is 5.41 Å². The van der Waals surface area contributed by atoms with Crippen molar-refractivity contribution in [3.63, 3.8) is 0 Å². The smallest absolute Gasteiger partial charge is 0.481 e. The molecule has 0 saturated carbocycles. The first-order valence-electron chi connectivity index (χ1n) is 16.3. The standard InChI is InChI=1S/C23H38N7O17P3S.C2H4O2.C2H4O/c1-12(31)51-7-6-25-14(32)4-5-26-21(35)18(34)23(2,3)9-44-50(41,42)47-49(39,40)43-8-13-17(46-48(36,37)38)16(33)22(45-13)30-11-29-15-19(24)27-10-28-20(15)30;1-2(3)4;1-2-3/h10-11,13,16-18,22,33-34H,4-9H2,1-3H3,(H,25,32)(H,26,35)(H,39,40)(H,41,42)(H2,24,27,28)(H2,36,37,38);1H3,(H,3,4);2H,1H3/t13-,16-,17-,18+,22-;;/m1../s1. The Morgan fingerprint density at radius 2 is 1.64 bits per heavy atom. The third kappa shape index (κ3) is 18.7. The number of aliphatic hydroxyl groups excluding tert-OH is 2. The Kier molecular flexibility index (Phi) is 21.3. The second-order valence-electron chi connectivity index (χ2n) is 12.2. The number of nitrogens with one attached hydrogen (secondary N) is 2. The number of carbonyl (C=O) groups excluding carboxylic acids is 4. The molecule has 31 heteroatoms. The van der Waals surface area contributed by atoms with Crippen LogP contribution in [-0.2, 0) is 60.3 Å². The predicted octanol–water partition coefficient (Wildman–Crippen LogP) is -1.02. The van der Waals surface area contributed by atoms with Crippen LogP contribution in [0.3, 0.4) is 0 Å². The van der Waals surface area contributed by atoms with Crippen LogP contribution in [0.15, 0.2) is 12.7 Å². The number of phosphoric ester groups is 3.